The van der Waals surface area contributed by atoms with Gasteiger partial charge in [0.2, 0.25) is 0 Å². The molecule has 0 saturated carbocycles. The predicted octanol–water partition coefficient (Wildman–Crippen LogP) is 2.55. The summed E-state index contributed by atoms with van der Waals surface area (Å²) in [4.78, 5) is 16.8. The molecule has 0 atom stereocenters. The van der Waals surface area contributed by atoms with Crippen LogP contribution in [0.2, 0.25) is 0 Å². The Morgan fingerprint density at radius 3 is 2.46 bits per heavy atom. The van der Waals surface area contributed by atoms with Gasteiger partial charge in [0.15, 0.2) is 0 Å². The summed E-state index contributed by atoms with van der Waals surface area (Å²) in [5.74, 6) is 1.14. The van der Waals surface area contributed by atoms with E-state index in [1.54, 1.807) is 6.26 Å². The third-order valence-electron chi connectivity index (χ3n) is 5.66. The largest absolute Gasteiger partial charge is 0.469 e. The van der Waals surface area contributed by atoms with Gasteiger partial charge in [0.1, 0.15) is 5.76 Å². The number of anilines is 1. The van der Waals surface area contributed by atoms with Crippen molar-refractivity contribution in [1.29, 1.82) is 0 Å². The summed E-state index contributed by atoms with van der Waals surface area (Å²) >= 11 is 0. The maximum absolute atomic E-state index is 12.6. The van der Waals surface area contributed by atoms with Gasteiger partial charge in [-0.05, 0) is 49.2 Å². The maximum atomic E-state index is 12.6. The number of hydrogen-bond donors (Lipinski definition) is 1. The highest BCUT2D eigenvalue weighted by Crippen LogP contribution is 2.21. The molecule has 28 heavy (non-hydrogen) atoms. The molecule has 1 aromatic heterocycles. The minimum absolute atomic E-state index is 0.106. The third kappa shape index (κ3) is 4.75. The fraction of sp³-hybridized carbons (Fsp3) is 0.500. The van der Waals surface area contributed by atoms with E-state index in [0.29, 0.717) is 32.3 Å². The lowest BCUT2D eigenvalue weighted by Crippen LogP contribution is -2.43. The number of rotatable bonds is 6. The molecule has 2 saturated heterocycles. The van der Waals surface area contributed by atoms with Gasteiger partial charge in [0.05, 0.1) is 19.5 Å². The Hall–Kier alpha value is -2.31. The predicted molar refractivity (Wildman–Crippen MR) is 109 cm³/mol. The van der Waals surface area contributed by atoms with Gasteiger partial charge >= 0.3 is 0 Å². The van der Waals surface area contributed by atoms with Gasteiger partial charge < -0.3 is 24.3 Å². The SMILES string of the molecule is O=C(c1ccc(N2CCC(NCCc3ccco3)CC2)cc1)N1CCOCC1. The van der Waals surface area contributed by atoms with Crippen LogP contribution in [0.1, 0.15) is 29.0 Å². The fourth-order valence-electron chi connectivity index (χ4n) is 3.96. The van der Waals surface area contributed by atoms with Crippen LogP contribution in [0.4, 0.5) is 5.69 Å². The number of nitrogens with one attached hydrogen (secondary N) is 1. The van der Waals surface area contributed by atoms with Crippen LogP contribution >= 0.6 is 0 Å². The second-order valence-electron chi connectivity index (χ2n) is 7.50. The summed E-state index contributed by atoms with van der Waals surface area (Å²) in [6.07, 6.45) is 4.93. The average Bonchev–Trinajstić information content (AvgIpc) is 3.28. The van der Waals surface area contributed by atoms with Crippen molar-refractivity contribution in [2.75, 3.05) is 50.8 Å². The molecule has 4 rings (SSSR count). The summed E-state index contributed by atoms with van der Waals surface area (Å²) in [5, 5.41) is 3.65. The minimum atomic E-state index is 0.106. The maximum Gasteiger partial charge on any atom is 0.254 e. The van der Waals surface area contributed by atoms with Gasteiger partial charge in [-0.15, -0.1) is 0 Å². The topological polar surface area (TPSA) is 58.0 Å². The molecule has 0 spiro atoms. The number of carbonyl (C=O) groups is 1. The molecule has 0 unspecified atom stereocenters. The first kappa shape index (κ1) is 19.0. The van der Waals surface area contributed by atoms with Crippen LogP contribution in [0.15, 0.2) is 47.1 Å². The first-order chi connectivity index (χ1) is 13.8. The van der Waals surface area contributed by atoms with Crippen molar-refractivity contribution >= 4 is 11.6 Å². The van der Waals surface area contributed by atoms with Gasteiger partial charge in [-0.1, -0.05) is 0 Å². The standard InChI is InChI=1S/C22H29N3O3/c26-22(25-13-16-27-17-14-25)18-3-5-20(6-4-18)24-11-8-19(9-12-24)23-10-7-21-2-1-15-28-21/h1-6,15,19,23H,7-14,16-17H2. The Morgan fingerprint density at radius 2 is 1.79 bits per heavy atom. The molecule has 2 aliphatic heterocycles. The van der Waals surface area contributed by atoms with Crippen LogP contribution < -0.4 is 10.2 Å². The molecule has 1 amide bonds. The Kier molecular flexibility index (Phi) is 6.29. The first-order valence-corrected chi connectivity index (χ1v) is 10.3. The quantitative estimate of drug-likeness (QED) is 0.831. The number of amides is 1. The van der Waals surface area contributed by atoms with E-state index in [1.807, 2.05) is 29.2 Å². The molecular formula is C22H29N3O3. The number of nitrogens with zero attached hydrogens (tertiary/aromatic N) is 2. The molecular weight excluding hydrogens is 354 g/mol. The second-order valence-corrected chi connectivity index (χ2v) is 7.50. The molecule has 1 N–H and O–H groups in total. The number of carbonyl (C=O) groups excluding carboxylic acids is 1. The molecule has 0 aliphatic carbocycles. The minimum Gasteiger partial charge on any atom is -0.469 e. The number of benzene rings is 1. The summed E-state index contributed by atoms with van der Waals surface area (Å²) in [7, 11) is 0. The summed E-state index contributed by atoms with van der Waals surface area (Å²) < 4.78 is 10.7. The van der Waals surface area contributed by atoms with E-state index in [0.717, 1.165) is 50.2 Å². The van der Waals surface area contributed by atoms with Crippen molar-refractivity contribution in [2.24, 2.45) is 0 Å². The van der Waals surface area contributed by atoms with Crippen molar-refractivity contribution in [1.82, 2.24) is 10.2 Å². The molecule has 6 heteroatoms. The normalized spacial score (nSPS) is 18.4. The van der Waals surface area contributed by atoms with Crippen molar-refractivity contribution in [3.63, 3.8) is 0 Å². The molecule has 1 aromatic carbocycles. The van der Waals surface area contributed by atoms with Crippen LogP contribution in [0.5, 0.6) is 0 Å². The number of morpholine rings is 1. The Morgan fingerprint density at radius 1 is 1.04 bits per heavy atom. The molecule has 2 fully saturated rings. The van der Waals surface area contributed by atoms with Crippen LogP contribution in [-0.2, 0) is 11.2 Å². The Bertz CT molecular complexity index is 731. The van der Waals surface area contributed by atoms with E-state index in [1.165, 1.54) is 5.69 Å². The smallest absolute Gasteiger partial charge is 0.254 e. The highest BCUT2D eigenvalue weighted by molar-refractivity contribution is 5.94. The van der Waals surface area contributed by atoms with Crippen LogP contribution in [0, 0.1) is 0 Å². The molecule has 0 radical (unpaired) electrons. The molecule has 6 nitrogen and oxygen atoms in total. The van der Waals surface area contributed by atoms with E-state index in [4.69, 9.17) is 9.15 Å². The summed E-state index contributed by atoms with van der Waals surface area (Å²) in [6, 6.07) is 12.6. The first-order valence-electron chi connectivity index (χ1n) is 10.3. The Labute approximate surface area is 166 Å². The molecule has 2 aromatic rings. The monoisotopic (exact) mass is 383 g/mol. The van der Waals surface area contributed by atoms with E-state index in [2.05, 4.69) is 22.3 Å². The molecule has 0 bridgehead atoms. The van der Waals surface area contributed by atoms with Gasteiger partial charge in [0, 0.05) is 56.4 Å². The van der Waals surface area contributed by atoms with E-state index < -0.39 is 0 Å². The number of piperidine rings is 1. The van der Waals surface area contributed by atoms with E-state index in [-0.39, 0.29) is 5.91 Å². The number of furan rings is 1. The van der Waals surface area contributed by atoms with Crippen LogP contribution in [0.3, 0.4) is 0 Å². The molecule has 3 heterocycles. The van der Waals surface area contributed by atoms with Crippen molar-refractivity contribution in [2.45, 2.75) is 25.3 Å². The highest BCUT2D eigenvalue weighted by atomic mass is 16.5. The van der Waals surface area contributed by atoms with Crippen LogP contribution in [0.25, 0.3) is 0 Å². The average molecular weight is 383 g/mol. The number of hydrogen-bond acceptors (Lipinski definition) is 5. The van der Waals surface area contributed by atoms with Gasteiger partial charge in [-0.2, -0.15) is 0 Å². The van der Waals surface area contributed by atoms with Gasteiger partial charge in [0.25, 0.3) is 5.91 Å². The summed E-state index contributed by atoms with van der Waals surface area (Å²) in [6.45, 7) is 5.66. The fourth-order valence-corrected chi connectivity index (χ4v) is 3.96. The van der Waals surface area contributed by atoms with E-state index >= 15 is 0 Å². The zero-order valence-corrected chi connectivity index (χ0v) is 16.3. The molecule has 150 valence electrons. The van der Waals surface area contributed by atoms with Crippen LogP contribution in [-0.4, -0.2) is 62.8 Å². The zero-order valence-electron chi connectivity index (χ0n) is 16.3. The van der Waals surface area contributed by atoms with Gasteiger partial charge in [-0.3, -0.25) is 4.79 Å². The summed E-state index contributed by atoms with van der Waals surface area (Å²) in [5.41, 5.74) is 1.97. The lowest BCUT2D eigenvalue weighted by atomic mass is 10.0. The van der Waals surface area contributed by atoms with E-state index in [9.17, 15) is 4.79 Å². The van der Waals surface area contributed by atoms with Crippen molar-refractivity contribution in [3.05, 3.63) is 54.0 Å². The second kappa shape index (κ2) is 9.26. The highest BCUT2D eigenvalue weighted by Gasteiger charge is 2.21. The third-order valence-corrected chi connectivity index (χ3v) is 5.66. The van der Waals surface area contributed by atoms with Crippen molar-refractivity contribution in [3.8, 4) is 0 Å². The lowest BCUT2D eigenvalue weighted by Gasteiger charge is -2.34. The molecule has 2 aliphatic rings. The number of ether oxygens (including phenoxy) is 1. The zero-order chi connectivity index (χ0) is 19.2. The van der Waals surface area contributed by atoms with Crippen molar-refractivity contribution < 1.29 is 13.9 Å². The lowest BCUT2D eigenvalue weighted by molar-refractivity contribution is 0.0303. The Balaban J connectivity index is 1.23. The van der Waals surface area contributed by atoms with Gasteiger partial charge in [-0.25, -0.2) is 0 Å².